The molecule has 2 rings (SSSR count). The van der Waals surface area contributed by atoms with Crippen molar-refractivity contribution >= 4 is 5.97 Å². The second-order valence-electron chi connectivity index (χ2n) is 5.73. The second-order valence-corrected chi connectivity index (χ2v) is 5.73. The van der Waals surface area contributed by atoms with Crippen molar-refractivity contribution in [1.82, 2.24) is 0 Å². The summed E-state index contributed by atoms with van der Waals surface area (Å²) >= 11 is 0. The molecule has 3 nitrogen and oxygen atoms in total. The molecule has 0 unspecified atom stereocenters. The average molecular weight is 262 g/mol. The van der Waals surface area contributed by atoms with E-state index in [4.69, 9.17) is 4.74 Å². The first kappa shape index (κ1) is 14.1. The van der Waals surface area contributed by atoms with Crippen LogP contribution in [-0.2, 0) is 4.74 Å². The Morgan fingerprint density at radius 1 is 1.26 bits per heavy atom. The highest BCUT2D eigenvalue weighted by Gasteiger charge is 2.37. The molecule has 1 aromatic rings. The van der Waals surface area contributed by atoms with E-state index in [1.54, 1.807) is 12.1 Å². The Hall–Kier alpha value is -1.35. The molecule has 0 heterocycles. The van der Waals surface area contributed by atoms with Crippen LogP contribution in [0.4, 0.5) is 0 Å². The van der Waals surface area contributed by atoms with Gasteiger partial charge in [-0.15, -0.1) is 0 Å². The van der Waals surface area contributed by atoms with Crippen LogP contribution in [0.15, 0.2) is 30.3 Å². The fourth-order valence-electron chi connectivity index (χ4n) is 2.58. The van der Waals surface area contributed by atoms with Crippen molar-refractivity contribution in [2.45, 2.75) is 51.2 Å². The number of hydrogen-bond acceptors (Lipinski definition) is 3. The molecule has 0 aromatic heterocycles. The number of carbonyl (C=O) groups is 1. The van der Waals surface area contributed by atoms with E-state index >= 15 is 0 Å². The summed E-state index contributed by atoms with van der Waals surface area (Å²) in [4.78, 5) is 11.9. The largest absolute Gasteiger partial charge is 0.459 e. The molecule has 1 saturated carbocycles. The smallest absolute Gasteiger partial charge is 0.338 e. The maximum atomic E-state index is 11.9. The van der Waals surface area contributed by atoms with Crippen LogP contribution < -0.4 is 0 Å². The summed E-state index contributed by atoms with van der Waals surface area (Å²) in [6.07, 6.45) is 2.83. The minimum absolute atomic E-state index is 0.0632. The molecule has 1 aromatic carbocycles. The summed E-state index contributed by atoms with van der Waals surface area (Å²) in [6, 6.07) is 9.05. The fraction of sp³-hybridized carbons (Fsp3) is 0.562. The second kappa shape index (κ2) is 5.74. The maximum absolute atomic E-state index is 11.9. The van der Waals surface area contributed by atoms with E-state index in [2.05, 4.69) is 0 Å². The van der Waals surface area contributed by atoms with Crippen LogP contribution in [0, 0.1) is 5.92 Å². The third kappa shape index (κ3) is 3.35. The van der Waals surface area contributed by atoms with Gasteiger partial charge in [-0.2, -0.15) is 0 Å². The Bertz CT molecular complexity index is 417. The quantitative estimate of drug-likeness (QED) is 0.851. The van der Waals surface area contributed by atoms with E-state index in [0.717, 1.165) is 12.8 Å². The Labute approximate surface area is 114 Å². The zero-order chi connectivity index (χ0) is 13.9. The van der Waals surface area contributed by atoms with Crippen LogP contribution in [0.25, 0.3) is 0 Å². The standard InChI is InChI=1S/C16H22O3/c1-12(2)16(18)10-8-14(9-11-16)19-15(17)13-6-4-3-5-7-13/h3-7,12,14,18H,8-11H2,1-2H3/t14-,16+. The van der Waals surface area contributed by atoms with E-state index < -0.39 is 5.60 Å². The van der Waals surface area contributed by atoms with Gasteiger partial charge in [-0.3, -0.25) is 0 Å². The monoisotopic (exact) mass is 262 g/mol. The summed E-state index contributed by atoms with van der Waals surface area (Å²) < 4.78 is 5.50. The third-order valence-corrected chi connectivity index (χ3v) is 4.16. The molecule has 0 saturated heterocycles. The first-order chi connectivity index (χ1) is 9.01. The molecule has 1 aliphatic rings. The molecular weight excluding hydrogens is 240 g/mol. The van der Waals surface area contributed by atoms with Gasteiger partial charge < -0.3 is 9.84 Å². The molecule has 0 spiro atoms. The van der Waals surface area contributed by atoms with Crippen molar-refractivity contribution in [1.29, 1.82) is 0 Å². The van der Waals surface area contributed by atoms with Gasteiger partial charge in [-0.25, -0.2) is 4.79 Å². The van der Waals surface area contributed by atoms with Crippen LogP contribution in [0.1, 0.15) is 49.9 Å². The maximum Gasteiger partial charge on any atom is 0.338 e. The zero-order valence-corrected chi connectivity index (χ0v) is 11.6. The number of esters is 1. The molecular formula is C16H22O3. The topological polar surface area (TPSA) is 46.5 Å². The van der Waals surface area contributed by atoms with Gasteiger partial charge in [0.1, 0.15) is 6.10 Å². The molecule has 0 atom stereocenters. The Morgan fingerprint density at radius 3 is 2.37 bits per heavy atom. The number of aliphatic hydroxyl groups is 1. The van der Waals surface area contributed by atoms with Crippen LogP contribution in [0.2, 0.25) is 0 Å². The van der Waals surface area contributed by atoms with Crippen LogP contribution >= 0.6 is 0 Å². The molecule has 0 amide bonds. The minimum atomic E-state index is -0.588. The molecule has 0 radical (unpaired) electrons. The molecule has 104 valence electrons. The van der Waals surface area contributed by atoms with Crippen molar-refractivity contribution < 1.29 is 14.6 Å². The third-order valence-electron chi connectivity index (χ3n) is 4.16. The van der Waals surface area contributed by atoms with Crippen molar-refractivity contribution in [2.24, 2.45) is 5.92 Å². The SMILES string of the molecule is CC(C)[C@]1(O)CC[C@@H](OC(=O)c2ccccc2)CC1. The molecule has 0 aliphatic heterocycles. The van der Waals surface area contributed by atoms with Gasteiger partial charge in [0.25, 0.3) is 0 Å². The normalized spacial score (nSPS) is 27.3. The van der Waals surface area contributed by atoms with E-state index in [1.165, 1.54) is 0 Å². The summed E-state index contributed by atoms with van der Waals surface area (Å²) in [6.45, 7) is 4.08. The van der Waals surface area contributed by atoms with Gasteiger partial charge in [-0.05, 0) is 43.7 Å². The lowest BCUT2D eigenvalue weighted by Gasteiger charge is -2.38. The van der Waals surface area contributed by atoms with E-state index in [0.29, 0.717) is 18.4 Å². The van der Waals surface area contributed by atoms with E-state index in [-0.39, 0.29) is 18.0 Å². The van der Waals surface area contributed by atoms with Gasteiger partial charge in [0.2, 0.25) is 0 Å². The van der Waals surface area contributed by atoms with Crippen LogP contribution in [-0.4, -0.2) is 22.8 Å². The van der Waals surface area contributed by atoms with E-state index in [9.17, 15) is 9.90 Å². The summed E-state index contributed by atoms with van der Waals surface area (Å²) in [5.41, 5.74) is 0.00235. The van der Waals surface area contributed by atoms with E-state index in [1.807, 2.05) is 32.0 Å². The van der Waals surface area contributed by atoms with Gasteiger partial charge in [-0.1, -0.05) is 32.0 Å². The lowest BCUT2D eigenvalue weighted by Crippen LogP contribution is -2.41. The Morgan fingerprint density at radius 2 is 1.84 bits per heavy atom. The van der Waals surface area contributed by atoms with Gasteiger partial charge in [0.15, 0.2) is 0 Å². The zero-order valence-electron chi connectivity index (χ0n) is 11.6. The molecule has 0 bridgehead atoms. The predicted molar refractivity (Wildman–Crippen MR) is 73.9 cm³/mol. The Balaban J connectivity index is 1.88. The van der Waals surface area contributed by atoms with Crippen molar-refractivity contribution in [3.63, 3.8) is 0 Å². The van der Waals surface area contributed by atoms with Crippen LogP contribution in [0.3, 0.4) is 0 Å². The van der Waals surface area contributed by atoms with Crippen molar-refractivity contribution in [3.05, 3.63) is 35.9 Å². The highest BCUT2D eigenvalue weighted by Crippen LogP contribution is 2.35. The Kier molecular flexibility index (Phi) is 4.25. The number of rotatable bonds is 3. The molecule has 1 N–H and O–H groups in total. The average Bonchev–Trinajstić information content (AvgIpc) is 2.42. The molecule has 1 fully saturated rings. The highest BCUT2D eigenvalue weighted by atomic mass is 16.5. The fourth-order valence-corrected chi connectivity index (χ4v) is 2.58. The van der Waals surface area contributed by atoms with Crippen molar-refractivity contribution in [3.8, 4) is 0 Å². The highest BCUT2D eigenvalue weighted by molar-refractivity contribution is 5.89. The summed E-state index contributed by atoms with van der Waals surface area (Å²) in [7, 11) is 0. The number of benzene rings is 1. The number of carbonyl (C=O) groups excluding carboxylic acids is 1. The van der Waals surface area contributed by atoms with Gasteiger partial charge in [0.05, 0.1) is 11.2 Å². The predicted octanol–water partition coefficient (Wildman–Crippen LogP) is 3.17. The van der Waals surface area contributed by atoms with Crippen molar-refractivity contribution in [2.75, 3.05) is 0 Å². The molecule has 19 heavy (non-hydrogen) atoms. The lowest BCUT2D eigenvalue weighted by atomic mass is 9.76. The number of hydrogen-bond donors (Lipinski definition) is 1. The first-order valence-electron chi connectivity index (χ1n) is 7.00. The summed E-state index contributed by atoms with van der Waals surface area (Å²) in [5.74, 6) is -0.0149. The minimum Gasteiger partial charge on any atom is -0.459 e. The lowest BCUT2D eigenvalue weighted by molar-refractivity contribution is -0.0691. The van der Waals surface area contributed by atoms with Crippen LogP contribution in [0.5, 0.6) is 0 Å². The molecule has 3 heteroatoms. The first-order valence-corrected chi connectivity index (χ1v) is 7.00. The van der Waals surface area contributed by atoms with Gasteiger partial charge in [0, 0.05) is 0 Å². The number of ether oxygens (including phenoxy) is 1. The molecule has 1 aliphatic carbocycles. The van der Waals surface area contributed by atoms with Gasteiger partial charge >= 0.3 is 5.97 Å². The summed E-state index contributed by atoms with van der Waals surface area (Å²) in [5, 5.41) is 10.4.